The minimum Gasteiger partial charge on any atom is -0.393 e. The van der Waals surface area contributed by atoms with Crippen LogP contribution in [0.15, 0.2) is 0 Å². The molecule has 1 heterocycles. The van der Waals surface area contributed by atoms with E-state index in [1.165, 1.54) is 12.8 Å². The van der Waals surface area contributed by atoms with E-state index in [0.717, 1.165) is 31.7 Å². The van der Waals surface area contributed by atoms with E-state index in [9.17, 15) is 9.90 Å². The highest BCUT2D eigenvalue weighted by molar-refractivity contribution is 5.77. The molecule has 0 aromatic rings. The first-order valence-corrected chi connectivity index (χ1v) is 7.63. The first-order valence-electron chi connectivity index (χ1n) is 7.63. The van der Waals surface area contributed by atoms with Gasteiger partial charge in [0, 0.05) is 19.0 Å². The Bertz CT molecular complexity index is 306. The van der Waals surface area contributed by atoms with Crippen molar-refractivity contribution in [3.8, 4) is 0 Å². The van der Waals surface area contributed by atoms with Crippen molar-refractivity contribution in [2.24, 2.45) is 11.8 Å². The van der Waals surface area contributed by atoms with E-state index < -0.39 is 0 Å². The van der Waals surface area contributed by atoms with Crippen molar-refractivity contribution in [1.29, 1.82) is 0 Å². The molecule has 2 rings (SSSR count). The van der Waals surface area contributed by atoms with Gasteiger partial charge in [0.1, 0.15) is 6.61 Å². The van der Waals surface area contributed by atoms with Crippen molar-refractivity contribution < 1.29 is 14.6 Å². The molecule has 4 nitrogen and oxygen atoms in total. The van der Waals surface area contributed by atoms with Crippen LogP contribution in [-0.2, 0) is 9.53 Å². The normalized spacial score (nSPS) is 33.4. The van der Waals surface area contributed by atoms with Crippen LogP contribution >= 0.6 is 0 Å². The van der Waals surface area contributed by atoms with E-state index in [1.54, 1.807) is 6.92 Å². The molecule has 1 saturated carbocycles. The summed E-state index contributed by atoms with van der Waals surface area (Å²) < 4.78 is 5.77. The van der Waals surface area contributed by atoms with E-state index in [1.807, 2.05) is 4.90 Å². The van der Waals surface area contributed by atoms with Gasteiger partial charge in [-0.05, 0) is 32.1 Å². The Balaban J connectivity index is 1.70. The van der Waals surface area contributed by atoms with Gasteiger partial charge in [0.05, 0.1) is 12.2 Å². The maximum Gasteiger partial charge on any atom is 0.248 e. The molecule has 4 atom stereocenters. The van der Waals surface area contributed by atoms with E-state index in [4.69, 9.17) is 4.74 Å². The van der Waals surface area contributed by atoms with Gasteiger partial charge >= 0.3 is 0 Å². The van der Waals surface area contributed by atoms with Crippen LogP contribution in [0.2, 0.25) is 0 Å². The molecule has 2 aliphatic rings. The first kappa shape index (κ1) is 14.8. The molecule has 1 N–H and O–H groups in total. The second kappa shape index (κ2) is 6.71. The third-order valence-corrected chi connectivity index (χ3v) is 4.59. The largest absolute Gasteiger partial charge is 0.393 e. The van der Waals surface area contributed by atoms with Crippen molar-refractivity contribution in [2.45, 2.75) is 58.2 Å². The summed E-state index contributed by atoms with van der Waals surface area (Å²) in [6, 6.07) is 0. The van der Waals surface area contributed by atoms with Crippen LogP contribution in [0.4, 0.5) is 0 Å². The van der Waals surface area contributed by atoms with Crippen LogP contribution < -0.4 is 0 Å². The number of nitrogens with zero attached hydrogens (tertiary/aromatic N) is 1. The minimum absolute atomic E-state index is 0.0846. The van der Waals surface area contributed by atoms with Gasteiger partial charge in [-0.1, -0.05) is 19.8 Å². The highest BCUT2D eigenvalue weighted by atomic mass is 16.5. The predicted octanol–water partition coefficient (Wildman–Crippen LogP) is 1.81. The Morgan fingerprint density at radius 3 is 2.84 bits per heavy atom. The second-order valence-corrected chi connectivity index (χ2v) is 6.33. The molecule has 2 fully saturated rings. The minimum atomic E-state index is -0.321. The van der Waals surface area contributed by atoms with Gasteiger partial charge in [0.15, 0.2) is 0 Å². The Morgan fingerprint density at radius 2 is 2.21 bits per heavy atom. The van der Waals surface area contributed by atoms with Crippen molar-refractivity contribution in [1.82, 2.24) is 4.90 Å². The fourth-order valence-corrected chi connectivity index (χ4v) is 3.22. The lowest BCUT2D eigenvalue weighted by molar-refractivity contribution is -0.138. The summed E-state index contributed by atoms with van der Waals surface area (Å²) in [7, 11) is 0. The molecule has 0 radical (unpaired) electrons. The Morgan fingerprint density at radius 1 is 1.42 bits per heavy atom. The van der Waals surface area contributed by atoms with Crippen LogP contribution in [0, 0.1) is 11.8 Å². The molecule has 0 aromatic heterocycles. The zero-order chi connectivity index (χ0) is 13.8. The van der Waals surface area contributed by atoms with Crippen LogP contribution in [0.3, 0.4) is 0 Å². The summed E-state index contributed by atoms with van der Waals surface area (Å²) in [6.45, 7) is 5.72. The van der Waals surface area contributed by atoms with Gasteiger partial charge in [-0.15, -0.1) is 0 Å². The van der Waals surface area contributed by atoms with Gasteiger partial charge in [0.25, 0.3) is 0 Å². The molecular weight excluding hydrogens is 242 g/mol. The third-order valence-electron chi connectivity index (χ3n) is 4.59. The molecule has 1 aliphatic carbocycles. The lowest BCUT2D eigenvalue weighted by atomic mass is 9.89. The maximum absolute atomic E-state index is 12.1. The fraction of sp³-hybridized carbons (Fsp3) is 0.933. The predicted molar refractivity (Wildman–Crippen MR) is 73.7 cm³/mol. The quantitative estimate of drug-likeness (QED) is 0.847. The van der Waals surface area contributed by atoms with E-state index in [0.29, 0.717) is 6.54 Å². The number of rotatable bonds is 4. The van der Waals surface area contributed by atoms with E-state index in [-0.39, 0.29) is 30.6 Å². The van der Waals surface area contributed by atoms with Crippen LogP contribution in [0.25, 0.3) is 0 Å². The number of hydrogen-bond donors (Lipinski definition) is 1. The first-order chi connectivity index (χ1) is 9.06. The molecule has 110 valence electrons. The SMILES string of the molecule is CC1CCCC(OCC(=O)N2CCC(C(C)O)C2)C1. The fourth-order valence-electron chi connectivity index (χ4n) is 3.22. The van der Waals surface area contributed by atoms with Crippen molar-refractivity contribution in [3.05, 3.63) is 0 Å². The number of hydrogen-bond acceptors (Lipinski definition) is 3. The lowest BCUT2D eigenvalue weighted by Gasteiger charge is -2.27. The maximum atomic E-state index is 12.1. The monoisotopic (exact) mass is 269 g/mol. The van der Waals surface area contributed by atoms with Crippen LogP contribution in [0.1, 0.15) is 46.0 Å². The standard InChI is InChI=1S/C15H27NO3/c1-11-4-3-5-14(8-11)19-10-15(18)16-7-6-13(9-16)12(2)17/h11-14,17H,3-10H2,1-2H3. The Kier molecular flexibility index (Phi) is 5.22. The molecule has 1 amide bonds. The van der Waals surface area contributed by atoms with Gasteiger partial charge in [-0.2, -0.15) is 0 Å². The van der Waals surface area contributed by atoms with Crippen LogP contribution in [0.5, 0.6) is 0 Å². The highest BCUT2D eigenvalue weighted by Crippen LogP contribution is 2.26. The topological polar surface area (TPSA) is 49.8 Å². The average Bonchev–Trinajstić information content (AvgIpc) is 2.86. The number of carbonyl (C=O) groups excluding carboxylic acids is 1. The lowest BCUT2D eigenvalue weighted by Crippen LogP contribution is -2.35. The van der Waals surface area contributed by atoms with Crippen molar-refractivity contribution in [2.75, 3.05) is 19.7 Å². The third kappa shape index (κ3) is 4.18. The van der Waals surface area contributed by atoms with E-state index in [2.05, 4.69) is 6.92 Å². The van der Waals surface area contributed by atoms with E-state index >= 15 is 0 Å². The number of carbonyl (C=O) groups is 1. The molecule has 4 heteroatoms. The summed E-state index contributed by atoms with van der Waals surface area (Å²) in [6.07, 6.45) is 5.53. The Labute approximate surface area is 116 Å². The van der Waals surface area contributed by atoms with Crippen molar-refractivity contribution in [3.63, 3.8) is 0 Å². The second-order valence-electron chi connectivity index (χ2n) is 6.33. The summed E-state index contributed by atoms with van der Waals surface area (Å²) in [4.78, 5) is 13.9. The molecule has 19 heavy (non-hydrogen) atoms. The summed E-state index contributed by atoms with van der Waals surface area (Å²) in [5.74, 6) is 1.04. The summed E-state index contributed by atoms with van der Waals surface area (Å²) in [5.41, 5.74) is 0. The molecule has 1 saturated heterocycles. The van der Waals surface area contributed by atoms with Crippen LogP contribution in [-0.4, -0.2) is 47.8 Å². The number of likely N-dealkylation sites (tertiary alicyclic amines) is 1. The molecular formula is C15H27NO3. The number of amides is 1. The number of aliphatic hydroxyl groups is 1. The van der Waals surface area contributed by atoms with Gasteiger partial charge in [-0.3, -0.25) is 4.79 Å². The smallest absolute Gasteiger partial charge is 0.248 e. The molecule has 0 aromatic carbocycles. The highest BCUT2D eigenvalue weighted by Gasteiger charge is 2.29. The number of ether oxygens (including phenoxy) is 1. The van der Waals surface area contributed by atoms with Crippen molar-refractivity contribution >= 4 is 5.91 Å². The molecule has 1 aliphatic heterocycles. The molecule has 0 bridgehead atoms. The summed E-state index contributed by atoms with van der Waals surface area (Å²) >= 11 is 0. The zero-order valence-electron chi connectivity index (χ0n) is 12.2. The average molecular weight is 269 g/mol. The number of aliphatic hydroxyl groups excluding tert-OH is 1. The zero-order valence-corrected chi connectivity index (χ0v) is 12.2. The summed E-state index contributed by atoms with van der Waals surface area (Å²) in [5, 5.41) is 9.55. The van der Waals surface area contributed by atoms with Gasteiger partial charge in [0.2, 0.25) is 5.91 Å². The van der Waals surface area contributed by atoms with Gasteiger partial charge in [-0.25, -0.2) is 0 Å². The molecule has 0 spiro atoms. The molecule has 4 unspecified atom stereocenters. The van der Waals surface area contributed by atoms with Gasteiger partial charge < -0.3 is 14.7 Å². The Hall–Kier alpha value is -0.610.